The zero-order valence-electron chi connectivity index (χ0n) is 12.8. The van der Waals surface area contributed by atoms with Gasteiger partial charge in [-0.2, -0.15) is 0 Å². The van der Waals surface area contributed by atoms with Gasteiger partial charge in [0.1, 0.15) is 5.75 Å². The predicted molar refractivity (Wildman–Crippen MR) is 97.5 cm³/mol. The van der Waals surface area contributed by atoms with Crippen LogP contribution in [0.2, 0.25) is 0 Å². The summed E-state index contributed by atoms with van der Waals surface area (Å²) in [7, 11) is 1.68. The largest absolute Gasteiger partial charge is 0.497 e. The van der Waals surface area contributed by atoms with E-state index in [9.17, 15) is 0 Å². The number of hydrogen-bond acceptors (Lipinski definition) is 3. The van der Waals surface area contributed by atoms with Crippen molar-refractivity contribution in [3.63, 3.8) is 0 Å². The molecule has 3 rings (SSSR count). The molecule has 0 aliphatic heterocycles. The molecule has 0 spiro atoms. The van der Waals surface area contributed by atoms with Crippen LogP contribution in [0.5, 0.6) is 5.75 Å². The molecule has 0 saturated carbocycles. The number of halogens is 1. The Morgan fingerprint density at radius 2 is 1.83 bits per heavy atom. The number of hydrogen-bond donors (Lipinski definition) is 1. The third-order valence-corrected chi connectivity index (χ3v) is 3.93. The summed E-state index contributed by atoms with van der Waals surface area (Å²) in [6.45, 7) is 0. The highest BCUT2D eigenvalue weighted by atomic mass is 79.9. The minimum Gasteiger partial charge on any atom is -0.497 e. The molecule has 1 N–H and O–H groups in total. The normalized spacial score (nSPS) is 10.3. The van der Waals surface area contributed by atoms with E-state index in [0.29, 0.717) is 0 Å². The minimum absolute atomic E-state index is 0.866. The summed E-state index contributed by atoms with van der Waals surface area (Å²) in [5, 5.41) is 3.38. The van der Waals surface area contributed by atoms with Gasteiger partial charge in [0.25, 0.3) is 0 Å². The number of methoxy groups -OCH3 is 1. The van der Waals surface area contributed by atoms with Crippen LogP contribution in [-0.2, 0) is 6.42 Å². The molecule has 0 bridgehead atoms. The second-order valence-electron chi connectivity index (χ2n) is 5.24. The van der Waals surface area contributed by atoms with Crippen molar-refractivity contribution in [2.24, 2.45) is 0 Å². The van der Waals surface area contributed by atoms with Crippen LogP contribution in [-0.4, -0.2) is 12.1 Å². The predicted octanol–water partition coefficient (Wildman–Crippen LogP) is 5.19. The summed E-state index contributed by atoms with van der Waals surface area (Å²) >= 11 is 3.59. The van der Waals surface area contributed by atoms with Crippen LogP contribution in [0, 0.1) is 0 Å². The maximum atomic E-state index is 5.20. The first-order chi connectivity index (χ1) is 11.2. The van der Waals surface area contributed by atoms with Gasteiger partial charge in [-0.05, 0) is 60.0 Å². The molecule has 1 aromatic heterocycles. The molecule has 23 heavy (non-hydrogen) atoms. The highest BCUT2D eigenvalue weighted by Crippen LogP contribution is 2.24. The van der Waals surface area contributed by atoms with Crippen LogP contribution in [0.15, 0.2) is 71.5 Å². The summed E-state index contributed by atoms with van der Waals surface area (Å²) in [5.41, 5.74) is 4.49. The number of pyridine rings is 1. The van der Waals surface area contributed by atoms with Crippen LogP contribution in [0.1, 0.15) is 11.1 Å². The van der Waals surface area contributed by atoms with Crippen molar-refractivity contribution in [3.05, 3.63) is 82.6 Å². The standard InChI is InChI=1S/C19H17BrN2O/c1-23-19-6-4-14(5-7-19)9-15-10-16(20)12-18(11-15)22-17-3-2-8-21-13-17/h2-8,10-13,22H,9H2,1H3. The van der Waals surface area contributed by atoms with Gasteiger partial charge in [0.05, 0.1) is 19.0 Å². The van der Waals surface area contributed by atoms with Crippen molar-refractivity contribution in [3.8, 4) is 5.75 Å². The van der Waals surface area contributed by atoms with E-state index in [0.717, 1.165) is 28.0 Å². The van der Waals surface area contributed by atoms with Gasteiger partial charge in [0, 0.05) is 16.4 Å². The first kappa shape index (κ1) is 15.6. The van der Waals surface area contributed by atoms with Crippen molar-refractivity contribution in [1.82, 2.24) is 4.98 Å². The fourth-order valence-electron chi connectivity index (χ4n) is 2.41. The number of nitrogens with one attached hydrogen (secondary N) is 1. The second-order valence-corrected chi connectivity index (χ2v) is 6.16. The van der Waals surface area contributed by atoms with Gasteiger partial charge in [0.2, 0.25) is 0 Å². The average molecular weight is 369 g/mol. The molecule has 2 aromatic carbocycles. The van der Waals surface area contributed by atoms with E-state index in [-0.39, 0.29) is 0 Å². The molecular formula is C19H17BrN2O. The van der Waals surface area contributed by atoms with Gasteiger partial charge in [-0.1, -0.05) is 28.1 Å². The van der Waals surface area contributed by atoms with E-state index >= 15 is 0 Å². The molecule has 0 atom stereocenters. The maximum absolute atomic E-state index is 5.20. The Hall–Kier alpha value is -2.33. The number of rotatable bonds is 5. The lowest BCUT2D eigenvalue weighted by molar-refractivity contribution is 0.414. The topological polar surface area (TPSA) is 34.1 Å². The molecule has 116 valence electrons. The number of ether oxygens (including phenoxy) is 1. The summed E-state index contributed by atoms with van der Waals surface area (Å²) < 4.78 is 6.25. The Morgan fingerprint density at radius 1 is 1.00 bits per heavy atom. The van der Waals surface area contributed by atoms with Crippen LogP contribution < -0.4 is 10.1 Å². The van der Waals surface area contributed by atoms with Gasteiger partial charge in [-0.3, -0.25) is 4.98 Å². The monoisotopic (exact) mass is 368 g/mol. The molecule has 0 saturated heterocycles. The molecule has 0 fully saturated rings. The third-order valence-electron chi connectivity index (χ3n) is 3.48. The number of nitrogens with zero attached hydrogens (tertiary/aromatic N) is 1. The van der Waals surface area contributed by atoms with E-state index in [1.54, 1.807) is 13.3 Å². The molecule has 0 radical (unpaired) electrons. The summed E-state index contributed by atoms with van der Waals surface area (Å²) in [4.78, 5) is 4.12. The van der Waals surface area contributed by atoms with Crippen molar-refractivity contribution >= 4 is 27.3 Å². The first-order valence-electron chi connectivity index (χ1n) is 7.32. The molecule has 3 aromatic rings. The van der Waals surface area contributed by atoms with Crippen LogP contribution in [0.25, 0.3) is 0 Å². The van der Waals surface area contributed by atoms with Gasteiger partial charge < -0.3 is 10.1 Å². The average Bonchev–Trinajstić information content (AvgIpc) is 2.56. The van der Waals surface area contributed by atoms with E-state index in [1.807, 2.05) is 30.5 Å². The zero-order chi connectivity index (χ0) is 16.1. The summed E-state index contributed by atoms with van der Waals surface area (Å²) in [6.07, 6.45) is 4.44. The lowest BCUT2D eigenvalue weighted by atomic mass is 10.0. The molecule has 0 unspecified atom stereocenters. The second kappa shape index (κ2) is 7.29. The Morgan fingerprint density at radius 3 is 2.52 bits per heavy atom. The maximum Gasteiger partial charge on any atom is 0.118 e. The SMILES string of the molecule is COc1ccc(Cc2cc(Br)cc(Nc3cccnc3)c2)cc1. The lowest BCUT2D eigenvalue weighted by Crippen LogP contribution is -1.94. The third kappa shape index (κ3) is 4.33. The first-order valence-corrected chi connectivity index (χ1v) is 8.12. The Labute approximate surface area is 144 Å². The van der Waals surface area contributed by atoms with Gasteiger partial charge in [-0.25, -0.2) is 0 Å². The lowest BCUT2D eigenvalue weighted by Gasteiger charge is -2.10. The van der Waals surface area contributed by atoms with Crippen LogP contribution in [0.4, 0.5) is 11.4 Å². The molecule has 0 amide bonds. The number of benzene rings is 2. The number of aromatic nitrogens is 1. The van der Waals surface area contributed by atoms with E-state index < -0.39 is 0 Å². The highest BCUT2D eigenvalue weighted by Gasteiger charge is 2.03. The molecule has 1 heterocycles. The smallest absolute Gasteiger partial charge is 0.118 e. The Balaban J connectivity index is 1.79. The zero-order valence-corrected chi connectivity index (χ0v) is 14.4. The minimum atomic E-state index is 0.866. The van der Waals surface area contributed by atoms with E-state index in [4.69, 9.17) is 4.74 Å². The van der Waals surface area contributed by atoms with E-state index in [1.165, 1.54) is 11.1 Å². The molecule has 0 aliphatic carbocycles. The quantitative estimate of drug-likeness (QED) is 0.672. The summed E-state index contributed by atoms with van der Waals surface area (Å²) in [5.74, 6) is 0.877. The fraction of sp³-hybridized carbons (Fsp3) is 0.105. The highest BCUT2D eigenvalue weighted by molar-refractivity contribution is 9.10. The van der Waals surface area contributed by atoms with Crippen molar-refractivity contribution in [2.75, 3.05) is 12.4 Å². The molecule has 3 nitrogen and oxygen atoms in total. The number of anilines is 2. The van der Waals surface area contributed by atoms with Crippen molar-refractivity contribution < 1.29 is 4.74 Å². The fourth-order valence-corrected chi connectivity index (χ4v) is 2.95. The Kier molecular flexibility index (Phi) is 4.93. The van der Waals surface area contributed by atoms with Crippen molar-refractivity contribution in [2.45, 2.75) is 6.42 Å². The van der Waals surface area contributed by atoms with Gasteiger partial charge in [-0.15, -0.1) is 0 Å². The van der Waals surface area contributed by atoms with Gasteiger partial charge >= 0.3 is 0 Å². The molecular weight excluding hydrogens is 352 g/mol. The van der Waals surface area contributed by atoms with Crippen molar-refractivity contribution in [1.29, 1.82) is 0 Å². The molecule has 4 heteroatoms. The van der Waals surface area contributed by atoms with E-state index in [2.05, 4.69) is 56.6 Å². The van der Waals surface area contributed by atoms with Gasteiger partial charge in [0.15, 0.2) is 0 Å². The van der Waals surface area contributed by atoms with Crippen LogP contribution >= 0.6 is 15.9 Å². The molecule has 0 aliphatic rings. The van der Waals surface area contributed by atoms with Crippen LogP contribution in [0.3, 0.4) is 0 Å². The Bertz CT molecular complexity index is 773. The summed E-state index contributed by atoms with van der Waals surface area (Å²) in [6, 6.07) is 18.4.